The molecule has 0 fully saturated rings. The van der Waals surface area contributed by atoms with Gasteiger partial charge in [-0.25, -0.2) is 0 Å². The molecule has 96 heavy (non-hydrogen) atoms. The molecular weight excluding hydrogens is 1150 g/mol. The van der Waals surface area contributed by atoms with Crippen molar-refractivity contribution in [3.05, 3.63) is 408 Å². The zero-order valence-electron chi connectivity index (χ0n) is 52.6. The normalized spacial score (nSPS) is 13.4. The van der Waals surface area contributed by atoms with E-state index < -0.39 is 0 Å². The lowest BCUT2D eigenvalue weighted by Crippen LogP contribution is -2.25. The molecular formula is C96H60. The molecule has 444 valence electrons. The van der Waals surface area contributed by atoms with Crippen molar-refractivity contribution >= 4 is 43.1 Å². The molecule has 0 saturated carbocycles. The predicted molar refractivity (Wildman–Crippen MR) is 403 cm³/mol. The first-order valence-corrected chi connectivity index (χ1v) is 33.6. The molecule has 0 radical (unpaired) electrons. The summed E-state index contributed by atoms with van der Waals surface area (Å²) in [6.07, 6.45) is 0. The van der Waals surface area contributed by atoms with Gasteiger partial charge in [0.1, 0.15) is 0 Å². The largest absolute Gasteiger partial charge is 0.0725 e. The highest BCUT2D eigenvalue weighted by molar-refractivity contribution is 6.04. The lowest BCUT2D eigenvalue weighted by molar-refractivity contribution is 0.794. The van der Waals surface area contributed by atoms with Crippen LogP contribution in [0.5, 0.6) is 0 Å². The Bertz CT molecular complexity index is 5970. The minimum absolute atomic E-state index is 0.319. The minimum Gasteiger partial charge on any atom is -0.0622 e. The van der Waals surface area contributed by atoms with Crippen molar-refractivity contribution in [3.63, 3.8) is 0 Å². The molecule has 0 bridgehead atoms. The van der Waals surface area contributed by atoms with E-state index in [1.165, 1.54) is 188 Å². The third-order valence-electron chi connectivity index (χ3n) is 21.7. The van der Waals surface area contributed by atoms with E-state index in [0.29, 0.717) is 0 Å². The number of fused-ring (bicyclic) bond motifs is 24. The Morgan fingerprint density at radius 2 is 0.406 bits per heavy atom. The number of hydrogen-bond acceptors (Lipinski definition) is 0. The summed E-state index contributed by atoms with van der Waals surface area (Å²) < 4.78 is 0. The van der Waals surface area contributed by atoms with Gasteiger partial charge in [-0.3, -0.25) is 0 Å². The van der Waals surface area contributed by atoms with Gasteiger partial charge in [0.05, 0.1) is 10.8 Å². The molecule has 0 unspecified atom stereocenters. The van der Waals surface area contributed by atoms with Crippen molar-refractivity contribution in [2.24, 2.45) is 0 Å². The maximum absolute atomic E-state index is 2.51. The third kappa shape index (κ3) is 7.97. The Balaban J connectivity index is 0.000000132. The van der Waals surface area contributed by atoms with Crippen LogP contribution in [0, 0.1) is 0 Å². The number of benzene rings is 17. The van der Waals surface area contributed by atoms with Crippen molar-refractivity contribution in [3.8, 4) is 100 Å². The summed E-state index contributed by atoms with van der Waals surface area (Å²) in [5.74, 6) is 0. The van der Waals surface area contributed by atoms with Gasteiger partial charge >= 0.3 is 0 Å². The van der Waals surface area contributed by atoms with Crippen LogP contribution in [-0.4, -0.2) is 0 Å². The molecule has 21 rings (SSSR count). The molecule has 0 aliphatic heterocycles. The molecule has 4 aliphatic carbocycles. The van der Waals surface area contributed by atoms with E-state index in [9.17, 15) is 0 Å². The van der Waals surface area contributed by atoms with Gasteiger partial charge < -0.3 is 0 Å². The SMILES string of the molecule is c1ccc(-c2ccc3ccc(-c4cc(-c5ccc6c(c5)C5(c7ccccc7-c7ccccc75)c5ccccc5-6)c5ccccc5c4)cc3c2)cc1.c1ccc2c(c1)-c1ccccc1C21c2ccccc2-c2ccc(-c3ccc4cc(-c5ccc6ccccc6c5)ccc4c3)cc21. The van der Waals surface area contributed by atoms with Gasteiger partial charge in [-0.05, 0) is 242 Å². The highest BCUT2D eigenvalue weighted by Crippen LogP contribution is 2.65. The van der Waals surface area contributed by atoms with Crippen molar-refractivity contribution in [1.82, 2.24) is 0 Å². The molecule has 17 aromatic carbocycles. The van der Waals surface area contributed by atoms with Gasteiger partial charge in [0, 0.05) is 0 Å². The molecule has 0 nitrogen and oxygen atoms in total. The summed E-state index contributed by atoms with van der Waals surface area (Å²) in [5.41, 5.74) is 33.4. The van der Waals surface area contributed by atoms with Gasteiger partial charge in [0.2, 0.25) is 0 Å². The average Bonchev–Trinajstić information content (AvgIpc) is 1.52. The molecule has 0 N–H and O–H groups in total. The fourth-order valence-corrected chi connectivity index (χ4v) is 17.5. The Hall–Kier alpha value is -12.2. The first-order chi connectivity index (χ1) is 47.6. The zero-order chi connectivity index (χ0) is 63.1. The van der Waals surface area contributed by atoms with Crippen LogP contribution < -0.4 is 0 Å². The van der Waals surface area contributed by atoms with E-state index in [2.05, 4.69) is 364 Å². The topological polar surface area (TPSA) is 0 Å². The number of hydrogen-bond donors (Lipinski definition) is 0. The van der Waals surface area contributed by atoms with Crippen LogP contribution in [-0.2, 0) is 10.8 Å². The van der Waals surface area contributed by atoms with Crippen molar-refractivity contribution in [1.29, 1.82) is 0 Å². The summed E-state index contributed by atoms with van der Waals surface area (Å²) in [5, 5.41) is 10.1. The smallest absolute Gasteiger partial charge is 0.0622 e. The fraction of sp³-hybridized carbons (Fsp3) is 0.0208. The second kappa shape index (κ2) is 21.2. The molecule has 0 amide bonds. The van der Waals surface area contributed by atoms with Crippen LogP contribution in [0.25, 0.3) is 143 Å². The Labute approximate surface area is 559 Å². The molecule has 0 heterocycles. The second-order valence-electron chi connectivity index (χ2n) is 26.5. The van der Waals surface area contributed by atoms with Crippen LogP contribution in [0.3, 0.4) is 0 Å². The first-order valence-electron chi connectivity index (χ1n) is 33.6. The van der Waals surface area contributed by atoms with Crippen LogP contribution in [0.15, 0.2) is 364 Å². The van der Waals surface area contributed by atoms with Gasteiger partial charge in [-0.15, -0.1) is 0 Å². The monoisotopic (exact) mass is 1210 g/mol. The third-order valence-corrected chi connectivity index (χ3v) is 21.7. The predicted octanol–water partition coefficient (Wildman–Crippen LogP) is 25.0. The van der Waals surface area contributed by atoms with Crippen LogP contribution in [0.2, 0.25) is 0 Å². The van der Waals surface area contributed by atoms with Crippen LogP contribution in [0.1, 0.15) is 44.5 Å². The van der Waals surface area contributed by atoms with Gasteiger partial charge in [-0.2, -0.15) is 0 Å². The van der Waals surface area contributed by atoms with Gasteiger partial charge in [0.25, 0.3) is 0 Å². The fourth-order valence-electron chi connectivity index (χ4n) is 17.5. The van der Waals surface area contributed by atoms with E-state index in [4.69, 9.17) is 0 Å². The van der Waals surface area contributed by atoms with Gasteiger partial charge in [0.15, 0.2) is 0 Å². The summed E-state index contributed by atoms with van der Waals surface area (Å²) >= 11 is 0. The standard InChI is InChI=1S/C51H32.C45H28/c1-2-12-33(13-3-1)35-24-22-34-23-25-36(29-39(34)28-35)40-30-37-14-4-5-15-41(37)46(31-40)38-26-27-45-44-18-8-11-21-49(44)51(50(45)32-38)47-19-9-6-16-42(47)43-17-7-10-20-48(43)51;1-2-10-30-25-31(18-17-29(30)9-1)32-19-20-34-27-35(22-21-33(34)26-32)36-23-24-40-39-13-5-8-16-43(39)45(44(40)28-36)41-14-6-3-11-37(41)38-12-4-7-15-42(38)45/h1-32H;1-28H. The molecule has 0 saturated heterocycles. The molecule has 0 heteroatoms. The van der Waals surface area contributed by atoms with E-state index in [-0.39, 0.29) is 10.8 Å². The van der Waals surface area contributed by atoms with E-state index in [1.807, 2.05) is 0 Å². The van der Waals surface area contributed by atoms with E-state index in [1.54, 1.807) is 0 Å². The molecule has 17 aromatic rings. The molecule has 2 spiro atoms. The quantitative estimate of drug-likeness (QED) is 0.161. The first kappa shape index (κ1) is 54.3. The lowest BCUT2D eigenvalue weighted by Gasteiger charge is -2.30. The molecule has 0 aromatic heterocycles. The summed E-state index contributed by atoms with van der Waals surface area (Å²) in [6.45, 7) is 0. The maximum Gasteiger partial charge on any atom is 0.0725 e. The maximum atomic E-state index is 2.51. The summed E-state index contributed by atoms with van der Waals surface area (Å²) in [6, 6.07) is 136. The summed E-state index contributed by atoms with van der Waals surface area (Å²) in [4.78, 5) is 0. The molecule has 0 atom stereocenters. The summed E-state index contributed by atoms with van der Waals surface area (Å²) in [7, 11) is 0. The highest BCUT2D eigenvalue weighted by atomic mass is 14.5. The highest BCUT2D eigenvalue weighted by Gasteiger charge is 2.53. The lowest BCUT2D eigenvalue weighted by atomic mass is 9.70. The van der Waals surface area contributed by atoms with Crippen LogP contribution >= 0.6 is 0 Å². The van der Waals surface area contributed by atoms with Crippen molar-refractivity contribution in [2.45, 2.75) is 10.8 Å². The van der Waals surface area contributed by atoms with Crippen molar-refractivity contribution < 1.29 is 0 Å². The Kier molecular flexibility index (Phi) is 12.0. The zero-order valence-corrected chi connectivity index (χ0v) is 52.6. The molecule has 4 aliphatic rings. The van der Waals surface area contributed by atoms with Gasteiger partial charge in [-0.1, -0.05) is 309 Å². The second-order valence-corrected chi connectivity index (χ2v) is 26.5. The number of rotatable bonds is 5. The van der Waals surface area contributed by atoms with Crippen molar-refractivity contribution in [2.75, 3.05) is 0 Å². The van der Waals surface area contributed by atoms with E-state index in [0.717, 1.165) is 0 Å². The van der Waals surface area contributed by atoms with Crippen LogP contribution in [0.4, 0.5) is 0 Å². The Morgan fingerprint density at radius 3 is 0.875 bits per heavy atom. The van der Waals surface area contributed by atoms with E-state index >= 15 is 0 Å². The minimum atomic E-state index is -0.364. The average molecular weight is 1210 g/mol. The Morgan fingerprint density at radius 1 is 0.125 bits per heavy atom.